The van der Waals surface area contributed by atoms with Gasteiger partial charge in [0.2, 0.25) is 10.0 Å². The first-order chi connectivity index (χ1) is 8.97. The fourth-order valence-corrected chi connectivity index (χ4v) is 3.52. The Bertz CT molecular complexity index is 342. The third-order valence-corrected chi connectivity index (χ3v) is 5.15. The zero-order valence-corrected chi connectivity index (χ0v) is 13.4. The molecule has 0 aromatic rings. The van der Waals surface area contributed by atoms with Crippen LogP contribution in [0, 0.1) is 5.92 Å². The summed E-state index contributed by atoms with van der Waals surface area (Å²) in [6.07, 6.45) is 3.42. The van der Waals surface area contributed by atoms with E-state index < -0.39 is 10.0 Å². The van der Waals surface area contributed by atoms with Crippen molar-refractivity contribution in [3.8, 4) is 0 Å². The van der Waals surface area contributed by atoms with E-state index in [1.165, 1.54) is 6.26 Å². The van der Waals surface area contributed by atoms with Crippen LogP contribution in [0.4, 0.5) is 0 Å². The topological polar surface area (TPSA) is 52.6 Å². The molecule has 1 aliphatic heterocycles. The molecule has 0 saturated carbocycles. The molecule has 19 heavy (non-hydrogen) atoms. The van der Waals surface area contributed by atoms with Crippen LogP contribution in [0.2, 0.25) is 0 Å². The maximum atomic E-state index is 11.5. The highest BCUT2D eigenvalue weighted by Crippen LogP contribution is 2.17. The number of hydrogen-bond acceptors (Lipinski definition) is 4. The van der Waals surface area contributed by atoms with E-state index in [1.54, 1.807) is 4.31 Å². The Hall–Kier alpha value is -0.170. The molecule has 5 nitrogen and oxygen atoms in total. The fraction of sp³-hybridized carbons (Fsp3) is 1.00. The van der Waals surface area contributed by atoms with Gasteiger partial charge in [-0.3, -0.25) is 0 Å². The van der Waals surface area contributed by atoms with Gasteiger partial charge in [0.1, 0.15) is 0 Å². The van der Waals surface area contributed by atoms with Gasteiger partial charge >= 0.3 is 0 Å². The largest absolute Gasteiger partial charge is 0.315 e. The summed E-state index contributed by atoms with van der Waals surface area (Å²) < 4.78 is 24.7. The van der Waals surface area contributed by atoms with Gasteiger partial charge in [-0.15, -0.1) is 0 Å². The molecular formula is C13H29N3O2S. The minimum absolute atomic E-state index is 0.458. The van der Waals surface area contributed by atoms with Gasteiger partial charge < -0.3 is 10.2 Å². The van der Waals surface area contributed by atoms with Crippen molar-refractivity contribution in [1.29, 1.82) is 0 Å². The van der Waals surface area contributed by atoms with E-state index in [1.807, 2.05) is 0 Å². The number of likely N-dealkylation sites (N-methyl/N-ethyl adjacent to an activating group) is 1. The zero-order chi connectivity index (χ0) is 14.3. The summed E-state index contributed by atoms with van der Waals surface area (Å²) in [5.41, 5.74) is 0. The summed E-state index contributed by atoms with van der Waals surface area (Å²) in [5, 5.41) is 3.46. The number of hydrogen-bond donors (Lipinski definition) is 1. The molecule has 0 radical (unpaired) electrons. The molecule has 1 atom stereocenters. The Kier molecular flexibility index (Phi) is 7.28. The molecule has 0 amide bonds. The third kappa shape index (κ3) is 6.21. The van der Waals surface area contributed by atoms with Crippen molar-refractivity contribution < 1.29 is 8.42 Å². The molecular weight excluding hydrogens is 262 g/mol. The molecule has 0 spiro atoms. The van der Waals surface area contributed by atoms with E-state index in [0.29, 0.717) is 19.0 Å². The second-order valence-corrected chi connectivity index (χ2v) is 7.34. The predicted molar refractivity (Wildman–Crippen MR) is 79.8 cm³/mol. The molecule has 0 bridgehead atoms. The summed E-state index contributed by atoms with van der Waals surface area (Å²) >= 11 is 0. The van der Waals surface area contributed by atoms with E-state index in [2.05, 4.69) is 24.1 Å². The minimum atomic E-state index is -3.01. The second-order valence-electron chi connectivity index (χ2n) is 5.36. The van der Waals surface area contributed by atoms with Gasteiger partial charge in [0, 0.05) is 26.2 Å². The van der Waals surface area contributed by atoms with Gasteiger partial charge in [0.05, 0.1) is 6.26 Å². The van der Waals surface area contributed by atoms with Gasteiger partial charge in [-0.25, -0.2) is 12.7 Å². The first-order valence-corrected chi connectivity index (χ1v) is 9.20. The van der Waals surface area contributed by atoms with Crippen molar-refractivity contribution in [2.24, 2.45) is 5.92 Å². The Morgan fingerprint density at radius 2 is 2.00 bits per heavy atom. The summed E-state index contributed by atoms with van der Waals surface area (Å²) in [6, 6.07) is 0. The highest BCUT2D eigenvalue weighted by Gasteiger charge is 2.25. The quantitative estimate of drug-likeness (QED) is 0.665. The lowest BCUT2D eigenvalue weighted by Crippen LogP contribution is -2.43. The monoisotopic (exact) mass is 291 g/mol. The average molecular weight is 291 g/mol. The number of piperidine rings is 1. The molecule has 0 aliphatic carbocycles. The molecule has 0 aromatic heterocycles. The van der Waals surface area contributed by atoms with Crippen molar-refractivity contribution in [2.45, 2.75) is 26.7 Å². The molecule has 1 heterocycles. The number of sulfonamides is 1. The summed E-state index contributed by atoms with van der Waals surface area (Å²) in [5.74, 6) is 0.458. The Labute approximate surface area is 118 Å². The van der Waals surface area contributed by atoms with Crippen molar-refractivity contribution in [2.75, 3.05) is 52.1 Å². The van der Waals surface area contributed by atoms with Crippen LogP contribution in [0.5, 0.6) is 0 Å². The molecule has 114 valence electrons. The van der Waals surface area contributed by atoms with Crippen molar-refractivity contribution in [3.05, 3.63) is 0 Å². The third-order valence-electron chi connectivity index (χ3n) is 3.88. The van der Waals surface area contributed by atoms with E-state index in [9.17, 15) is 8.42 Å². The lowest BCUT2D eigenvalue weighted by Gasteiger charge is -2.31. The molecule has 1 fully saturated rings. The van der Waals surface area contributed by atoms with Gasteiger partial charge in [0.15, 0.2) is 0 Å². The van der Waals surface area contributed by atoms with Crippen LogP contribution < -0.4 is 5.32 Å². The minimum Gasteiger partial charge on any atom is -0.315 e. The molecule has 1 unspecified atom stereocenters. The van der Waals surface area contributed by atoms with E-state index >= 15 is 0 Å². The maximum Gasteiger partial charge on any atom is 0.211 e. The highest BCUT2D eigenvalue weighted by atomic mass is 32.2. The molecule has 1 saturated heterocycles. The van der Waals surface area contributed by atoms with Crippen LogP contribution in [0.25, 0.3) is 0 Å². The van der Waals surface area contributed by atoms with Gasteiger partial charge in [-0.2, -0.15) is 0 Å². The molecule has 1 aliphatic rings. The van der Waals surface area contributed by atoms with Crippen LogP contribution in [-0.2, 0) is 10.0 Å². The molecule has 6 heteroatoms. The maximum absolute atomic E-state index is 11.5. The van der Waals surface area contributed by atoms with Crippen LogP contribution in [0.3, 0.4) is 0 Å². The molecule has 0 aromatic carbocycles. The van der Waals surface area contributed by atoms with Gasteiger partial charge in [-0.1, -0.05) is 13.8 Å². The van der Waals surface area contributed by atoms with E-state index in [-0.39, 0.29) is 0 Å². The van der Waals surface area contributed by atoms with Crippen LogP contribution >= 0.6 is 0 Å². The van der Waals surface area contributed by atoms with Gasteiger partial charge in [-0.05, 0) is 38.4 Å². The van der Waals surface area contributed by atoms with Crippen LogP contribution in [0.1, 0.15) is 26.7 Å². The Balaban J connectivity index is 2.23. The summed E-state index contributed by atoms with van der Waals surface area (Å²) in [7, 11) is -3.01. The molecule has 1 N–H and O–H groups in total. The summed E-state index contributed by atoms with van der Waals surface area (Å²) in [4.78, 5) is 2.39. The van der Waals surface area contributed by atoms with Crippen molar-refractivity contribution >= 4 is 10.0 Å². The lowest BCUT2D eigenvalue weighted by atomic mass is 10.00. The average Bonchev–Trinajstić information content (AvgIpc) is 2.38. The van der Waals surface area contributed by atoms with Gasteiger partial charge in [0.25, 0.3) is 0 Å². The predicted octanol–water partition coefficient (Wildman–Crippen LogP) is 0.589. The smallest absolute Gasteiger partial charge is 0.211 e. The molecule has 1 rings (SSSR count). The fourth-order valence-electron chi connectivity index (χ4n) is 2.58. The van der Waals surface area contributed by atoms with E-state index in [0.717, 1.165) is 45.6 Å². The first kappa shape index (κ1) is 16.9. The Morgan fingerprint density at radius 1 is 1.32 bits per heavy atom. The lowest BCUT2D eigenvalue weighted by molar-refractivity contribution is 0.253. The van der Waals surface area contributed by atoms with Crippen molar-refractivity contribution in [1.82, 2.24) is 14.5 Å². The second kappa shape index (κ2) is 8.19. The van der Waals surface area contributed by atoms with Crippen LogP contribution in [0.15, 0.2) is 0 Å². The normalized spacial score (nSPS) is 22.0. The number of nitrogens with zero attached hydrogens (tertiary/aromatic N) is 2. The van der Waals surface area contributed by atoms with Crippen molar-refractivity contribution in [3.63, 3.8) is 0 Å². The highest BCUT2D eigenvalue weighted by molar-refractivity contribution is 7.88. The number of rotatable bonds is 8. The summed E-state index contributed by atoms with van der Waals surface area (Å²) in [6.45, 7) is 10.9. The SMILES string of the molecule is CCN(CC)CCNCC1CCCN(S(C)(=O)=O)C1. The number of nitrogens with one attached hydrogen (secondary N) is 1. The van der Waals surface area contributed by atoms with Crippen LogP contribution in [-0.4, -0.2) is 69.7 Å². The van der Waals surface area contributed by atoms with E-state index in [4.69, 9.17) is 0 Å². The first-order valence-electron chi connectivity index (χ1n) is 7.35. The standard InChI is InChI=1S/C13H29N3O2S/c1-4-15(5-2)10-8-14-11-13-7-6-9-16(12-13)19(3,17)18/h13-14H,4-12H2,1-3H3. The Morgan fingerprint density at radius 3 is 2.58 bits per heavy atom. The zero-order valence-electron chi connectivity index (χ0n) is 12.6.